The Morgan fingerprint density at radius 1 is 1.28 bits per heavy atom. The summed E-state index contributed by atoms with van der Waals surface area (Å²) < 4.78 is 33.3. The van der Waals surface area contributed by atoms with E-state index in [-0.39, 0.29) is 21.6 Å². The van der Waals surface area contributed by atoms with Crippen molar-refractivity contribution in [2.24, 2.45) is 0 Å². The Kier molecular flexibility index (Phi) is 8.34. The van der Waals surface area contributed by atoms with Crippen LogP contribution in [-0.4, -0.2) is 52.4 Å². The molecule has 7 nitrogen and oxygen atoms in total. The summed E-state index contributed by atoms with van der Waals surface area (Å²) in [5, 5.41) is 2.63. The summed E-state index contributed by atoms with van der Waals surface area (Å²) in [5.74, 6) is -1.33. The lowest BCUT2D eigenvalue weighted by atomic mass is 10.2. The van der Waals surface area contributed by atoms with Gasteiger partial charge >= 0.3 is 5.97 Å². The van der Waals surface area contributed by atoms with Crippen molar-refractivity contribution in [3.8, 4) is 0 Å². The standard InChI is InChI=1S/C16H22ClNO6S/c1-11(2)23-8-4-7-18-15(19)10-24-16(20)13-9-12(25(3,21)22)5-6-14(13)17/h5-6,9,11H,4,7-8,10H2,1-3H3,(H,18,19). The van der Waals surface area contributed by atoms with Crippen molar-refractivity contribution in [3.63, 3.8) is 0 Å². The van der Waals surface area contributed by atoms with Crippen LogP contribution in [0, 0.1) is 0 Å². The van der Waals surface area contributed by atoms with E-state index in [0.717, 1.165) is 12.3 Å². The minimum atomic E-state index is -3.49. The molecule has 9 heteroatoms. The van der Waals surface area contributed by atoms with Gasteiger partial charge in [-0.2, -0.15) is 0 Å². The second-order valence-corrected chi connectivity index (χ2v) is 8.04. The Morgan fingerprint density at radius 3 is 2.56 bits per heavy atom. The zero-order valence-electron chi connectivity index (χ0n) is 14.4. The molecule has 0 aromatic heterocycles. The van der Waals surface area contributed by atoms with Crippen LogP contribution >= 0.6 is 11.6 Å². The van der Waals surface area contributed by atoms with Gasteiger partial charge in [0.25, 0.3) is 5.91 Å². The Hall–Kier alpha value is -1.64. The zero-order valence-corrected chi connectivity index (χ0v) is 15.9. The first-order valence-electron chi connectivity index (χ1n) is 7.66. The second kappa shape index (κ2) is 9.74. The molecule has 25 heavy (non-hydrogen) atoms. The van der Waals surface area contributed by atoms with E-state index in [4.69, 9.17) is 21.1 Å². The topological polar surface area (TPSA) is 98.8 Å². The predicted molar refractivity (Wildman–Crippen MR) is 93.6 cm³/mol. The van der Waals surface area contributed by atoms with E-state index in [9.17, 15) is 18.0 Å². The van der Waals surface area contributed by atoms with E-state index in [0.29, 0.717) is 19.6 Å². The molecule has 0 heterocycles. The highest BCUT2D eigenvalue weighted by molar-refractivity contribution is 7.90. The average molecular weight is 392 g/mol. The minimum absolute atomic E-state index is 0.0450. The lowest BCUT2D eigenvalue weighted by Crippen LogP contribution is -2.30. The van der Waals surface area contributed by atoms with Gasteiger partial charge in [-0.3, -0.25) is 4.79 Å². The highest BCUT2D eigenvalue weighted by Crippen LogP contribution is 2.21. The molecule has 0 spiro atoms. The number of carbonyl (C=O) groups is 2. The number of amides is 1. The van der Waals surface area contributed by atoms with Crippen molar-refractivity contribution in [2.75, 3.05) is 26.0 Å². The van der Waals surface area contributed by atoms with Crippen LogP contribution in [-0.2, 0) is 24.1 Å². The largest absolute Gasteiger partial charge is 0.452 e. The smallest absolute Gasteiger partial charge is 0.340 e. The monoisotopic (exact) mass is 391 g/mol. The fraction of sp³-hybridized carbons (Fsp3) is 0.500. The van der Waals surface area contributed by atoms with Crippen LogP contribution in [0.5, 0.6) is 0 Å². The van der Waals surface area contributed by atoms with Gasteiger partial charge in [0.15, 0.2) is 16.4 Å². The first kappa shape index (κ1) is 21.4. The lowest BCUT2D eigenvalue weighted by molar-refractivity contribution is -0.124. The summed E-state index contributed by atoms with van der Waals surface area (Å²) in [4.78, 5) is 23.6. The second-order valence-electron chi connectivity index (χ2n) is 5.61. The first-order chi connectivity index (χ1) is 11.6. The van der Waals surface area contributed by atoms with Crippen molar-refractivity contribution in [3.05, 3.63) is 28.8 Å². The van der Waals surface area contributed by atoms with Crippen LogP contribution in [0.2, 0.25) is 5.02 Å². The maximum Gasteiger partial charge on any atom is 0.340 e. The van der Waals surface area contributed by atoms with Crippen LogP contribution in [0.4, 0.5) is 0 Å². The van der Waals surface area contributed by atoms with E-state index < -0.39 is 28.3 Å². The maximum atomic E-state index is 12.0. The fourth-order valence-corrected chi connectivity index (χ4v) is 2.61. The number of hydrogen-bond donors (Lipinski definition) is 1. The van der Waals surface area contributed by atoms with E-state index >= 15 is 0 Å². The molecular weight excluding hydrogens is 370 g/mol. The molecule has 1 aromatic rings. The van der Waals surface area contributed by atoms with Crippen molar-refractivity contribution < 1.29 is 27.5 Å². The Morgan fingerprint density at radius 2 is 1.96 bits per heavy atom. The van der Waals surface area contributed by atoms with Gasteiger partial charge in [0.1, 0.15) is 0 Å². The van der Waals surface area contributed by atoms with Gasteiger partial charge in [0.2, 0.25) is 0 Å². The van der Waals surface area contributed by atoms with E-state index in [1.807, 2.05) is 13.8 Å². The molecule has 0 bridgehead atoms. The number of benzene rings is 1. The number of halogens is 1. The molecule has 1 rings (SSSR count). The highest BCUT2D eigenvalue weighted by Gasteiger charge is 2.17. The molecule has 0 fully saturated rings. The van der Waals surface area contributed by atoms with Crippen LogP contribution in [0.3, 0.4) is 0 Å². The van der Waals surface area contributed by atoms with Gasteiger partial charge in [-0.15, -0.1) is 0 Å². The number of ether oxygens (including phenoxy) is 2. The lowest BCUT2D eigenvalue weighted by Gasteiger charge is -2.09. The number of esters is 1. The molecule has 1 N–H and O–H groups in total. The summed E-state index contributed by atoms with van der Waals surface area (Å²) in [6.07, 6.45) is 1.78. The molecule has 0 atom stereocenters. The molecule has 0 aliphatic heterocycles. The van der Waals surface area contributed by atoms with E-state index in [2.05, 4.69) is 5.32 Å². The third-order valence-corrected chi connectivity index (χ3v) is 4.45. The van der Waals surface area contributed by atoms with Gasteiger partial charge in [0, 0.05) is 19.4 Å². The average Bonchev–Trinajstić information content (AvgIpc) is 2.51. The third-order valence-electron chi connectivity index (χ3n) is 3.01. The summed E-state index contributed by atoms with van der Waals surface area (Å²) in [7, 11) is -3.49. The molecule has 0 unspecified atom stereocenters. The molecular formula is C16H22ClNO6S. The van der Waals surface area contributed by atoms with Crippen molar-refractivity contribution in [1.29, 1.82) is 0 Å². The number of nitrogens with one attached hydrogen (secondary N) is 1. The Labute approximate surface area is 152 Å². The first-order valence-corrected chi connectivity index (χ1v) is 9.93. The van der Waals surface area contributed by atoms with Crippen LogP contribution < -0.4 is 5.32 Å². The molecule has 1 aromatic carbocycles. The molecule has 0 saturated carbocycles. The number of hydrogen-bond acceptors (Lipinski definition) is 6. The summed E-state index contributed by atoms with van der Waals surface area (Å²) in [6.45, 7) is 4.27. The van der Waals surface area contributed by atoms with Crippen LogP contribution in [0.25, 0.3) is 0 Å². The molecule has 0 aliphatic carbocycles. The van der Waals surface area contributed by atoms with Gasteiger partial charge in [-0.1, -0.05) is 11.6 Å². The summed E-state index contributed by atoms with van der Waals surface area (Å²) >= 11 is 5.89. The fourth-order valence-electron chi connectivity index (χ4n) is 1.77. The van der Waals surface area contributed by atoms with Crippen molar-refractivity contribution >= 4 is 33.3 Å². The number of rotatable bonds is 9. The molecule has 140 valence electrons. The number of sulfone groups is 1. The summed E-state index contributed by atoms with van der Waals surface area (Å²) in [5.41, 5.74) is -0.109. The number of carbonyl (C=O) groups excluding carboxylic acids is 2. The SMILES string of the molecule is CC(C)OCCCNC(=O)COC(=O)c1cc(S(C)(=O)=O)ccc1Cl. The van der Waals surface area contributed by atoms with Crippen molar-refractivity contribution in [2.45, 2.75) is 31.3 Å². The van der Waals surface area contributed by atoms with Gasteiger partial charge in [-0.25, -0.2) is 13.2 Å². The quantitative estimate of drug-likeness (QED) is 0.509. The third kappa shape index (κ3) is 7.85. The molecule has 1 amide bonds. The van der Waals surface area contributed by atoms with Gasteiger partial charge in [0.05, 0.1) is 21.6 Å². The Balaban J connectivity index is 2.50. The molecule has 0 saturated heterocycles. The van der Waals surface area contributed by atoms with Gasteiger partial charge in [-0.05, 0) is 38.5 Å². The maximum absolute atomic E-state index is 12.0. The zero-order chi connectivity index (χ0) is 19.0. The van der Waals surface area contributed by atoms with E-state index in [1.54, 1.807) is 0 Å². The van der Waals surface area contributed by atoms with Crippen molar-refractivity contribution in [1.82, 2.24) is 5.32 Å². The summed E-state index contributed by atoms with van der Waals surface area (Å²) in [6, 6.07) is 3.71. The van der Waals surface area contributed by atoms with Crippen LogP contribution in [0.1, 0.15) is 30.6 Å². The normalized spacial score (nSPS) is 11.4. The minimum Gasteiger partial charge on any atom is -0.452 e. The molecule has 0 radical (unpaired) electrons. The predicted octanol–water partition coefficient (Wildman–Crippen LogP) is 1.83. The van der Waals surface area contributed by atoms with Crippen LogP contribution in [0.15, 0.2) is 23.1 Å². The molecule has 0 aliphatic rings. The van der Waals surface area contributed by atoms with E-state index in [1.165, 1.54) is 12.1 Å². The van der Waals surface area contributed by atoms with Gasteiger partial charge < -0.3 is 14.8 Å². The highest BCUT2D eigenvalue weighted by atomic mass is 35.5. The Bertz CT molecular complexity index is 717.